The van der Waals surface area contributed by atoms with Crippen LogP contribution in [0.3, 0.4) is 0 Å². The van der Waals surface area contributed by atoms with Crippen molar-refractivity contribution in [1.82, 2.24) is 5.32 Å². The second kappa shape index (κ2) is 5.16. The zero-order chi connectivity index (χ0) is 14.2. The van der Waals surface area contributed by atoms with E-state index in [1.54, 1.807) is 0 Å². The van der Waals surface area contributed by atoms with E-state index >= 15 is 0 Å². The molecule has 1 atom stereocenters. The average Bonchev–Trinajstić information content (AvgIpc) is 2.64. The van der Waals surface area contributed by atoms with Crippen LogP contribution >= 0.6 is 0 Å². The minimum absolute atomic E-state index is 0.226. The Balaban J connectivity index is 2.47. The third-order valence-electron chi connectivity index (χ3n) is 4.45. The first kappa shape index (κ1) is 14.4. The fourth-order valence-corrected chi connectivity index (χ4v) is 3.35. The van der Waals surface area contributed by atoms with Gasteiger partial charge in [-0.15, -0.1) is 0 Å². The normalized spacial score (nSPS) is 22.3. The van der Waals surface area contributed by atoms with Crippen LogP contribution in [-0.2, 0) is 0 Å². The molecule has 0 radical (unpaired) electrons. The summed E-state index contributed by atoms with van der Waals surface area (Å²) in [6.07, 6.45) is 1.20. The fourth-order valence-electron chi connectivity index (χ4n) is 3.35. The molecule has 0 aliphatic carbocycles. The van der Waals surface area contributed by atoms with Crippen molar-refractivity contribution in [2.75, 3.05) is 18.5 Å². The van der Waals surface area contributed by atoms with Crippen molar-refractivity contribution in [3.8, 4) is 0 Å². The molecule has 0 saturated carbocycles. The first-order chi connectivity index (χ1) is 8.86. The summed E-state index contributed by atoms with van der Waals surface area (Å²) in [5, 5.41) is 3.45. The van der Waals surface area contributed by atoms with Gasteiger partial charge in [-0.2, -0.15) is 0 Å². The maximum atomic E-state index is 3.45. The minimum Gasteiger partial charge on any atom is -0.364 e. The van der Waals surface area contributed by atoms with Crippen molar-refractivity contribution in [2.24, 2.45) is 0 Å². The van der Waals surface area contributed by atoms with E-state index < -0.39 is 0 Å². The molecular formula is C17H28N2. The van der Waals surface area contributed by atoms with E-state index in [4.69, 9.17) is 0 Å². The summed E-state index contributed by atoms with van der Waals surface area (Å²) in [5.74, 6) is 0.569. The molecule has 0 amide bonds. The van der Waals surface area contributed by atoms with Gasteiger partial charge >= 0.3 is 0 Å². The summed E-state index contributed by atoms with van der Waals surface area (Å²) in [4.78, 5) is 2.61. The molecular weight excluding hydrogens is 232 g/mol. The van der Waals surface area contributed by atoms with E-state index in [0.29, 0.717) is 12.0 Å². The van der Waals surface area contributed by atoms with E-state index in [1.165, 1.54) is 23.2 Å². The van der Waals surface area contributed by atoms with Crippen LogP contribution in [0.1, 0.15) is 51.2 Å². The maximum absolute atomic E-state index is 3.45. The Kier molecular flexibility index (Phi) is 3.91. The lowest BCUT2D eigenvalue weighted by Gasteiger charge is -2.36. The van der Waals surface area contributed by atoms with Gasteiger partial charge in [-0.3, -0.25) is 0 Å². The van der Waals surface area contributed by atoms with Crippen molar-refractivity contribution in [1.29, 1.82) is 0 Å². The third-order valence-corrected chi connectivity index (χ3v) is 4.45. The Hall–Kier alpha value is -1.02. The molecule has 106 valence electrons. The predicted octanol–water partition coefficient (Wildman–Crippen LogP) is 3.70. The van der Waals surface area contributed by atoms with Crippen molar-refractivity contribution in [2.45, 2.75) is 58.5 Å². The summed E-state index contributed by atoms with van der Waals surface area (Å²) in [6.45, 7) is 12.6. The molecule has 1 saturated heterocycles. The second-order valence-electron chi connectivity index (χ2n) is 6.78. The van der Waals surface area contributed by atoms with E-state index in [9.17, 15) is 0 Å². The number of nitrogens with zero attached hydrogens (tertiary/aromatic N) is 1. The molecule has 1 heterocycles. The minimum atomic E-state index is 0.226. The van der Waals surface area contributed by atoms with Crippen LogP contribution in [0.4, 0.5) is 5.69 Å². The van der Waals surface area contributed by atoms with Crippen molar-refractivity contribution in [3.05, 3.63) is 29.3 Å². The lowest BCUT2D eigenvalue weighted by molar-refractivity contribution is 0.486. The predicted molar refractivity (Wildman–Crippen MR) is 84.2 cm³/mol. The quantitative estimate of drug-likeness (QED) is 0.891. The summed E-state index contributed by atoms with van der Waals surface area (Å²) < 4.78 is 0. The number of rotatable bonds is 3. The highest BCUT2D eigenvalue weighted by molar-refractivity contribution is 5.63. The average molecular weight is 260 g/mol. The fraction of sp³-hybridized carbons (Fsp3) is 0.647. The number of hydrogen-bond donors (Lipinski definition) is 1. The van der Waals surface area contributed by atoms with Crippen molar-refractivity contribution < 1.29 is 0 Å². The number of nitrogens with one attached hydrogen (secondary N) is 1. The summed E-state index contributed by atoms with van der Waals surface area (Å²) >= 11 is 0. The van der Waals surface area contributed by atoms with Gasteiger partial charge in [0.1, 0.15) is 0 Å². The number of benzene rings is 1. The third kappa shape index (κ3) is 2.64. The lowest BCUT2D eigenvalue weighted by atomic mass is 9.94. The Morgan fingerprint density at radius 3 is 2.53 bits per heavy atom. The largest absolute Gasteiger partial charge is 0.364 e. The van der Waals surface area contributed by atoms with Crippen molar-refractivity contribution in [3.63, 3.8) is 0 Å². The molecule has 2 nitrogen and oxygen atoms in total. The lowest BCUT2D eigenvalue weighted by Crippen LogP contribution is -2.39. The Bertz CT molecular complexity index is 449. The summed E-state index contributed by atoms with van der Waals surface area (Å²) in [7, 11) is 2.07. The molecule has 1 aliphatic rings. The topological polar surface area (TPSA) is 15.3 Å². The number of anilines is 1. The van der Waals surface area contributed by atoms with Crippen LogP contribution in [0.15, 0.2) is 18.2 Å². The van der Waals surface area contributed by atoms with Crippen LogP contribution < -0.4 is 10.2 Å². The molecule has 2 heteroatoms. The monoisotopic (exact) mass is 260 g/mol. The molecule has 1 aromatic rings. The van der Waals surface area contributed by atoms with Crippen LogP contribution in [0.2, 0.25) is 0 Å². The summed E-state index contributed by atoms with van der Waals surface area (Å²) in [6, 6.07) is 7.31. The van der Waals surface area contributed by atoms with E-state index in [0.717, 1.165) is 6.54 Å². The van der Waals surface area contributed by atoms with Gasteiger partial charge in [0.25, 0.3) is 0 Å². The zero-order valence-corrected chi connectivity index (χ0v) is 13.2. The van der Waals surface area contributed by atoms with Gasteiger partial charge in [0.05, 0.1) is 0 Å². The van der Waals surface area contributed by atoms with Gasteiger partial charge in [0.15, 0.2) is 0 Å². The zero-order valence-electron chi connectivity index (χ0n) is 13.2. The van der Waals surface area contributed by atoms with Crippen LogP contribution in [0.25, 0.3) is 0 Å². The summed E-state index contributed by atoms with van der Waals surface area (Å²) in [5.41, 5.74) is 4.56. The number of para-hydroxylation sites is 1. The van der Waals surface area contributed by atoms with Gasteiger partial charge in [-0.25, -0.2) is 0 Å². The molecule has 1 unspecified atom stereocenters. The van der Waals surface area contributed by atoms with Gasteiger partial charge in [-0.05, 0) is 51.3 Å². The Morgan fingerprint density at radius 2 is 2.00 bits per heavy atom. The first-order valence-electron chi connectivity index (χ1n) is 7.41. The van der Waals surface area contributed by atoms with E-state index in [-0.39, 0.29) is 5.54 Å². The van der Waals surface area contributed by atoms with Crippen molar-refractivity contribution >= 4 is 5.69 Å². The molecule has 0 spiro atoms. The molecule has 0 aromatic heterocycles. The van der Waals surface area contributed by atoms with Crippen LogP contribution in [0, 0.1) is 6.92 Å². The van der Waals surface area contributed by atoms with Gasteiger partial charge in [0.2, 0.25) is 0 Å². The van der Waals surface area contributed by atoms with Gasteiger partial charge < -0.3 is 10.2 Å². The van der Waals surface area contributed by atoms with E-state index in [1.807, 2.05) is 0 Å². The maximum Gasteiger partial charge on any atom is 0.0436 e. The van der Waals surface area contributed by atoms with Gasteiger partial charge in [-0.1, -0.05) is 32.0 Å². The SMILES string of the molecule is CNC1CN(c2c(C)cccc2C(C)C)C(C)(C)C1. The number of hydrogen-bond acceptors (Lipinski definition) is 2. The van der Waals surface area contributed by atoms with Crippen LogP contribution in [-0.4, -0.2) is 25.2 Å². The second-order valence-corrected chi connectivity index (χ2v) is 6.78. The molecule has 1 fully saturated rings. The first-order valence-corrected chi connectivity index (χ1v) is 7.41. The number of aryl methyl sites for hydroxylation is 1. The highest BCUT2D eigenvalue weighted by Crippen LogP contribution is 2.39. The molecule has 1 aliphatic heterocycles. The smallest absolute Gasteiger partial charge is 0.0436 e. The standard InChI is InChI=1S/C17H28N2/c1-12(2)15-9-7-8-13(3)16(15)19-11-14(18-6)10-17(19,4)5/h7-9,12,14,18H,10-11H2,1-6H3. The highest BCUT2D eigenvalue weighted by atomic mass is 15.3. The van der Waals surface area contributed by atoms with Gasteiger partial charge in [0, 0.05) is 23.8 Å². The van der Waals surface area contributed by atoms with E-state index in [2.05, 4.69) is 70.1 Å². The molecule has 0 bridgehead atoms. The molecule has 1 N–H and O–H groups in total. The Labute approximate surface area is 118 Å². The van der Waals surface area contributed by atoms with Crippen LogP contribution in [0.5, 0.6) is 0 Å². The molecule has 2 rings (SSSR count). The highest BCUT2D eigenvalue weighted by Gasteiger charge is 2.39. The number of likely N-dealkylation sites (N-methyl/N-ethyl adjacent to an activating group) is 1. The Morgan fingerprint density at radius 1 is 1.32 bits per heavy atom. The molecule has 19 heavy (non-hydrogen) atoms. The molecule has 1 aromatic carbocycles.